The van der Waals surface area contributed by atoms with E-state index in [-0.39, 0.29) is 17.8 Å². The first-order valence-corrected chi connectivity index (χ1v) is 7.97. The number of carbonyl (C=O) groups excluding carboxylic acids is 1. The lowest BCUT2D eigenvalue weighted by Gasteiger charge is -2.27. The van der Waals surface area contributed by atoms with Crippen molar-refractivity contribution in [2.75, 3.05) is 7.11 Å². The van der Waals surface area contributed by atoms with E-state index in [1.807, 2.05) is 24.3 Å². The van der Waals surface area contributed by atoms with Gasteiger partial charge in [-0.15, -0.1) is 0 Å². The van der Waals surface area contributed by atoms with Crippen molar-refractivity contribution in [3.8, 4) is 0 Å². The Morgan fingerprint density at radius 2 is 2.10 bits per heavy atom. The van der Waals surface area contributed by atoms with Crippen LogP contribution in [0.25, 0.3) is 0 Å². The molecule has 108 valence electrons. The van der Waals surface area contributed by atoms with Crippen LogP contribution in [-0.2, 0) is 9.53 Å². The van der Waals surface area contributed by atoms with Crippen LogP contribution in [0.4, 0.5) is 0 Å². The maximum atomic E-state index is 12.2. The van der Waals surface area contributed by atoms with Gasteiger partial charge in [0.2, 0.25) is 0 Å². The molecule has 0 N–H and O–H groups in total. The van der Waals surface area contributed by atoms with E-state index in [9.17, 15) is 4.79 Å². The predicted octanol–water partition coefficient (Wildman–Crippen LogP) is 4.84. The highest BCUT2D eigenvalue weighted by molar-refractivity contribution is 9.10. The zero-order chi connectivity index (χ0) is 14.5. The van der Waals surface area contributed by atoms with E-state index < -0.39 is 0 Å². The highest BCUT2D eigenvalue weighted by Gasteiger charge is 2.30. The van der Waals surface area contributed by atoms with Crippen molar-refractivity contribution in [2.24, 2.45) is 5.92 Å². The van der Waals surface area contributed by atoms with Gasteiger partial charge >= 0.3 is 5.97 Å². The number of halogens is 1. The molecule has 1 aromatic carbocycles. The van der Waals surface area contributed by atoms with Crippen LogP contribution in [-0.4, -0.2) is 13.1 Å². The first-order valence-electron chi connectivity index (χ1n) is 7.18. The largest absolute Gasteiger partial charge is 0.469 e. The molecule has 2 atom stereocenters. The number of allylic oxidation sites excluding steroid dienone is 2. The molecular formula is C17H21BrO2. The SMILES string of the molecule is CCC1=C[C@H]([C@@H](C(=O)OC)c2ccc(Br)cc2)CCC1. The van der Waals surface area contributed by atoms with Gasteiger partial charge in [0.25, 0.3) is 0 Å². The average Bonchev–Trinajstić information content (AvgIpc) is 2.49. The molecule has 0 spiro atoms. The van der Waals surface area contributed by atoms with Gasteiger partial charge < -0.3 is 4.74 Å². The van der Waals surface area contributed by atoms with Gasteiger partial charge in [0.15, 0.2) is 0 Å². The molecule has 20 heavy (non-hydrogen) atoms. The molecule has 0 saturated carbocycles. The topological polar surface area (TPSA) is 26.3 Å². The summed E-state index contributed by atoms with van der Waals surface area (Å²) in [6.45, 7) is 2.18. The molecule has 2 nitrogen and oxygen atoms in total. The van der Waals surface area contributed by atoms with Crippen molar-refractivity contribution in [3.63, 3.8) is 0 Å². The second kappa shape index (κ2) is 7.07. The molecule has 0 bridgehead atoms. The van der Waals surface area contributed by atoms with Crippen molar-refractivity contribution < 1.29 is 9.53 Å². The van der Waals surface area contributed by atoms with Gasteiger partial charge in [-0.25, -0.2) is 0 Å². The molecule has 1 aromatic rings. The van der Waals surface area contributed by atoms with Crippen LogP contribution in [0, 0.1) is 5.92 Å². The van der Waals surface area contributed by atoms with Crippen LogP contribution in [0.5, 0.6) is 0 Å². The molecule has 1 aliphatic rings. The van der Waals surface area contributed by atoms with E-state index >= 15 is 0 Å². The van der Waals surface area contributed by atoms with Gasteiger partial charge in [-0.1, -0.05) is 46.6 Å². The molecule has 0 aromatic heterocycles. The van der Waals surface area contributed by atoms with Crippen molar-refractivity contribution in [3.05, 3.63) is 46.0 Å². The van der Waals surface area contributed by atoms with Crippen LogP contribution in [0.15, 0.2) is 40.4 Å². The molecule has 2 rings (SSSR count). The standard InChI is InChI=1S/C17H21BrO2/c1-3-12-5-4-6-14(11-12)16(17(19)20-2)13-7-9-15(18)10-8-13/h7-11,14,16H,3-6H2,1-2H3/t14-,16+/m1/s1. The van der Waals surface area contributed by atoms with Gasteiger partial charge in [0, 0.05) is 4.47 Å². The third-order valence-corrected chi connectivity index (χ3v) is 4.58. The van der Waals surface area contributed by atoms with Crippen molar-refractivity contribution >= 4 is 21.9 Å². The second-order valence-electron chi connectivity index (χ2n) is 5.29. The van der Waals surface area contributed by atoms with E-state index in [2.05, 4.69) is 28.9 Å². The Bertz CT molecular complexity index is 490. The molecule has 0 aliphatic heterocycles. The molecule has 0 heterocycles. The summed E-state index contributed by atoms with van der Waals surface area (Å²) in [4.78, 5) is 12.2. The van der Waals surface area contributed by atoms with Gasteiger partial charge in [0.1, 0.15) is 0 Å². The van der Waals surface area contributed by atoms with Gasteiger partial charge in [-0.05, 0) is 49.3 Å². The van der Waals surface area contributed by atoms with Crippen molar-refractivity contribution in [1.82, 2.24) is 0 Å². The summed E-state index contributed by atoms with van der Waals surface area (Å²) in [5.74, 6) is -0.0619. The zero-order valence-corrected chi connectivity index (χ0v) is 13.7. The van der Waals surface area contributed by atoms with Crippen LogP contribution in [0.1, 0.15) is 44.1 Å². The Hall–Kier alpha value is -1.09. The smallest absolute Gasteiger partial charge is 0.313 e. The zero-order valence-electron chi connectivity index (χ0n) is 12.1. The summed E-state index contributed by atoms with van der Waals surface area (Å²) in [6.07, 6.45) is 6.76. The lowest BCUT2D eigenvalue weighted by Crippen LogP contribution is -2.24. The maximum absolute atomic E-state index is 12.2. The lowest BCUT2D eigenvalue weighted by molar-refractivity contribution is -0.143. The average molecular weight is 337 g/mol. The van der Waals surface area contributed by atoms with E-state index in [0.717, 1.165) is 29.3 Å². The fraction of sp³-hybridized carbons (Fsp3) is 0.471. The number of hydrogen-bond acceptors (Lipinski definition) is 2. The molecule has 3 heteroatoms. The highest BCUT2D eigenvalue weighted by Crippen LogP contribution is 2.36. The minimum atomic E-state index is -0.185. The Morgan fingerprint density at radius 1 is 1.40 bits per heavy atom. The van der Waals surface area contributed by atoms with Gasteiger partial charge in [-0.2, -0.15) is 0 Å². The monoisotopic (exact) mass is 336 g/mol. The number of carbonyl (C=O) groups is 1. The Labute approximate surface area is 129 Å². The number of esters is 1. The minimum absolute atomic E-state index is 0.133. The number of benzene rings is 1. The molecule has 0 saturated heterocycles. The first-order chi connectivity index (χ1) is 9.65. The van der Waals surface area contributed by atoms with Gasteiger partial charge in [0.05, 0.1) is 13.0 Å². The summed E-state index contributed by atoms with van der Waals surface area (Å²) in [6, 6.07) is 8.00. The van der Waals surface area contributed by atoms with E-state index in [4.69, 9.17) is 4.74 Å². The molecule has 0 unspecified atom stereocenters. The summed E-state index contributed by atoms with van der Waals surface area (Å²) in [5.41, 5.74) is 2.51. The normalized spacial score (nSPS) is 20.1. The van der Waals surface area contributed by atoms with E-state index in [0.29, 0.717) is 0 Å². The van der Waals surface area contributed by atoms with E-state index in [1.54, 1.807) is 0 Å². The van der Waals surface area contributed by atoms with E-state index in [1.165, 1.54) is 19.1 Å². The number of ether oxygens (including phenoxy) is 1. The van der Waals surface area contributed by atoms with Crippen LogP contribution < -0.4 is 0 Å². The van der Waals surface area contributed by atoms with Crippen LogP contribution in [0.3, 0.4) is 0 Å². The third kappa shape index (κ3) is 3.51. The van der Waals surface area contributed by atoms with Crippen LogP contribution >= 0.6 is 15.9 Å². The third-order valence-electron chi connectivity index (χ3n) is 4.05. The van der Waals surface area contributed by atoms with Crippen LogP contribution in [0.2, 0.25) is 0 Å². The highest BCUT2D eigenvalue weighted by atomic mass is 79.9. The second-order valence-corrected chi connectivity index (χ2v) is 6.20. The first kappa shape index (κ1) is 15.3. The summed E-state index contributed by atoms with van der Waals surface area (Å²) in [7, 11) is 1.47. The number of hydrogen-bond donors (Lipinski definition) is 0. The lowest BCUT2D eigenvalue weighted by atomic mass is 9.78. The molecule has 0 radical (unpaired) electrons. The van der Waals surface area contributed by atoms with Crippen molar-refractivity contribution in [2.45, 2.75) is 38.5 Å². The molecular weight excluding hydrogens is 316 g/mol. The summed E-state index contributed by atoms with van der Waals surface area (Å²) < 4.78 is 6.07. The fourth-order valence-electron chi connectivity index (χ4n) is 2.95. The maximum Gasteiger partial charge on any atom is 0.313 e. The van der Waals surface area contributed by atoms with Gasteiger partial charge in [-0.3, -0.25) is 4.79 Å². The summed E-state index contributed by atoms with van der Waals surface area (Å²) in [5, 5.41) is 0. The summed E-state index contributed by atoms with van der Waals surface area (Å²) >= 11 is 3.44. The molecule has 0 amide bonds. The predicted molar refractivity (Wildman–Crippen MR) is 84.6 cm³/mol. The Kier molecular flexibility index (Phi) is 5.41. The number of rotatable bonds is 4. The molecule has 1 aliphatic carbocycles. The Balaban J connectivity index is 2.32. The fourth-order valence-corrected chi connectivity index (χ4v) is 3.21. The molecule has 0 fully saturated rings. The number of methoxy groups -OCH3 is 1. The van der Waals surface area contributed by atoms with Crippen molar-refractivity contribution in [1.29, 1.82) is 0 Å². The quantitative estimate of drug-likeness (QED) is 0.580. The Morgan fingerprint density at radius 3 is 2.70 bits per heavy atom. The minimum Gasteiger partial charge on any atom is -0.469 e.